The van der Waals surface area contributed by atoms with Crippen LogP contribution in [0.3, 0.4) is 0 Å². The molecule has 0 heterocycles. The van der Waals surface area contributed by atoms with Crippen LogP contribution in [0.1, 0.15) is 45.2 Å². The first-order chi connectivity index (χ1) is 14.4. The molecule has 0 radical (unpaired) electrons. The summed E-state index contributed by atoms with van der Waals surface area (Å²) in [5, 5.41) is 18.0. The molecule has 0 aliphatic rings. The van der Waals surface area contributed by atoms with Gasteiger partial charge in [0, 0.05) is 12.2 Å². The van der Waals surface area contributed by atoms with E-state index in [0.29, 0.717) is 12.8 Å². The number of hydrogen-bond acceptors (Lipinski definition) is 6. The van der Waals surface area contributed by atoms with Gasteiger partial charge in [-0.15, -0.1) is 0 Å². The number of carbonyl (C=O) groups excluding carboxylic acids is 3. The fourth-order valence-corrected chi connectivity index (χ4v) is 4.11. The Morgan fingerprint density at radius 3 is 2.19 bits per heavy atom. The van der Waals surface area contributed by atoms with Crippen molar-refractivity contribution in [3.8, 4) is 0 Å². The summed E-state index contributed by atoms with van der Waals surface area (Å²) < 4.78 is 22.8. The standard InChI is InChI=1S/C21H33N3O6S/c1-5-9-17(24-20(27)14(2)13-31(4,29)30)19(26)21(28)22-12-18(25)23-15(3)16-10-7-6-8-11-16/h6-8,10-11,14-15,17,19,26H,5,9,12-13H2,1-4H3,(H,22,28)(H,23,25)(H,24,27)/t14?,15-,17?,19?/m1/s1. The summed E-state index contributed by atoms with van der Waals surface area (Å²) >= 11 is 0. The summed E-state index contributed by atoms with van der Waals surface area (Å²) in [6, 6.07) is 8.17. The van der Waals surface area contributed by atoms with E-state index in [1.165, 1.54) is 6.92 Å². The summed E-state index contributed by atoms with van der Waals surface area (Å²) in [7, 11) is -3.35. The molecule has 9 nitrogen and oxygen atoms in total. The minimum absolute atomic E-state index is 0.251. The van der Waals surface area contributed by atoms with Crippen LogP contribution in [0.5, 0.6) is 0 Å². The summed E-state index contributed by atoms with van der Waals surface area (Å²) in [6.07, 6.45) is 0.342. The number of aliphatic hydroxyl groups is 1. The van der Waals surface area contributed by atoms with Crippen LogP contribution in [-0.4, -0.2) is 61.9 Å². The van der Waals surface area contributed by atoms with E-state index in [0.717, 1.165) is 11.8 Å². The first-order valence-electron chi connectivity index (χ1n) is 10.2. The molecule has 0 aliphatic carbocycles. The van der Waals surface area contributed by atoms with Crippen molar-refractivity contribution >= 4 is 27.6 Å². The van der Waals surface area contributed by atoms with Crippen molar-refractivity contribution in [2.24, 2.45) is 5.92 Å². The molecule has 4 atom stereocenters. The zero-order chi connectivity index (χ0) is 23.6. The number of benzene rings is 1. The fraction of sp³-hybridized carbons (Fsp3) is 0.571. The van der Waals surface area contributed by atoms with Gasteiger partial charge >= 0.3 is 0 Å². The second-order valence-electron chi connectivity index (χ2n) is 7.76. The number of hydrogen-bond donors (Lipinski definition) is 4. The van der Waals surface area contributed by atoms with E-state index in [4.69, 9.17) is 0 Å². The van der Waals surface area contributed by atoms with Crippen LogP contribution < -0.4 is 16.0 Å². The maximum atomic E-state index is 12.3. The normalized spacial score (nSPS) is 15.3. The molecule has 0 fully saturated rings. The van der Waals surface area contributed by atoms with Crippen LogP contribution in [-0.2, 0) is 24.2 Å². The number of sulfone groups is 1. The zero-order valence-electron chi connectivity index (χ0n) is 18.4. The average molecular weight is 456 g/mol. The lowest BCUT2D eigenvalue weighted by Gasteiger charge is -2.24. The molecule has 1 aromatic rings. The Labute approximate surface area is 183 Å². The molecule has 3 amide bonds. The summed E-state index contributed by atoms with van der Waals surface area (Å²) in [4.78, 5) is 36.7. The van der Waals surface area contributed by atoms with Gasteiger partial charge in [-0.25, -0.2) is 8.42 Å². The fourth-order valence-electron chi connectivity index (χ4n) is 3.05. The van der Waals surface area contributed by atoms with E-state index in [9.17, 15) is 27.9 Å². The van der Waals surface area contributed by atoms with Gasteiger partial charge < -0.3 is 21.1 Å². The molecular formula is C21H33N3O6S. The van der Waals surface area contributed by atoms with Crippen LogP contribution in [0.15, 0.2) is 30.3 Å². The van der Waals surface area contributed by atoms with Crippen molar-refractivity contribution in [2.45, 2.75) is 51.8 Å². The molecule has 31 heavy (non-hydrogen) atoms. The van der Waals surface area contributed by atoms with E-state index in [1.807, 2.05) is 44.2 Å². The van der Waals surface area contributed by atoms with Crippen molar-refractivity contribution in [3.63, 3.8) is 0 Å². The molecule has 0 spiro atoms. The number of aliphatic hydroxyl groups excluding tert-OH is 1. The molecule has 0 bridgehead atoms. The van der Waals surface area contributed by atoms with Gasteiger partial charge in [0.1, 0.15) is 9.84 Å². The van der Waals surface area contributed by atoms with Crippen molar-refractivity contribution in [2.75, 3.05) is 18.6 Å². The first-order valence-corrected chi connectivity index (χ1v) is 12.3. The van der Waals surface area contributed by atoms with Gasteiger partial charge in [0.15, 0.2) is 6.10 Å². The van der Waals surface area contributed by atoms with Crippen molar-refractivity contribution in [3.05, 3.63) is 35.9 Å². The quantitative estimate of drug-likeness (QED) is 0.357. The molecule has 0 saturated carbocycles. The Kier molecular flexibility index (Phi) is 10.6. The Morgan fingerprint density at radius 1 is 1.03 bits per heavy atom. The van der Waals surface area contributed by atoms with Crippen LogP contribution in [0.25, 0.3) is 0 Å². The van der Waals surface area contributed by atoms with E-state index >= 15 is 0 Å². The third-order valence-corrected chi connectivity index (χ3v) is 5.78. The van der Waals surface area contributed by atoms with E-state index in [-0.39, 0.29) is 18.3 Å². The molecule has 1 aromatic carbocycles. The van der Waals surface area contributed by atoms with E-state index < -0.39 is 45.6 Å². The van der Waals surface area contributed by atoms with Crippen molar-refractivity contribution in [1.82, 2.24) is 16.0 Å². The van der Waals surface area contributed by atoms with Gasteiger partial charge in [0.2, 0.25) is 11.8 Å². The predicted octanol–water partition coefficient (Wildman–Crippen LogP) is 0.307. The molecule has 4 N–H and O–H groups in total. The van der Waals surface area contributed by atoms with E-state index in [2.05, 4.69) is 16.0 Å². The molecule has 1 rings (SSSR count). The third-order valence-electron chi connectivity index (χ3n) is 4.68. The molecule has 0 saturated heterocycles. The second-order valence-corrected chi connectivity index (χ2v) is 9.94. The summed E-state index contributed by atoms with van der Waals surface area (Å²) in [6.45, 7) is 4.77. The van der Waals surface area contributed by atoms with Crippen molar-refractivity contribution < 1.29 is 27.9 Å². The molecule has 10 heteroatoms. The molecule has 174 valence electrons. The van der Waals surface area contributed by atoms with Gasteiger partial charge in [-0.3, -0.25) is 14.4 Å². The van der Waals surface area contributed by atoms with Gasteiger partial charge in [0.25, 0.3) is 5.91 Å². The lowest BCUT2D eigenvalue weighted by molar-refractivity contribution is -0.134. The average Bonchev–Trinajstić information content (AvgIpc) is 2.70. The highest BCUT2D eigenvalue weighted by atomic mass is 32.2. The summed E-state index contributed by atoms with van der Waals surface area (Å²) in [5.41, 5.74) is 0.913. The van der Waals surface area contributed by atoms with Gasteiger partial charge in [-0.1, -0.05) is 50.6 Å². The Balaban J connectivity index is 2.60. The number of rotatable bonds is 12. The SMILES string of the molecule is CCCC(NC(=O)C(C)CS(C)(=O)=O)C(O)C(=O)NCC(=O)N[C@H](C)c1ccccc1. The Hall–Kier alpha value is -2.46. The van der Waals surface area contributed by atoms with Crippen LogP contribution in [0, 0.1) is 5.92 Å². The molecule has 0 aromatic heterocycles. The number of nitrogens with one attached hydrogen (secondary N) is 3. The van der Waals surface area contributed by atoms with Crippen molar-refractivity contribution in [1.29, 1.82) is 0 Å². The Morgan fingerprint density at radius 2 is 1.65 bits per heavy atom. The van der Waals surface area contributed by atoms with Crippen LogP contribution in [0.4, 0.5) is 0 Å². The first kappa shape index (κ1) is 26.6. The highest BCUT2D eigenvalue weighted by Gasteiger charge is 2.29. The van der Waals surface area contributed by atoms with Gasteiger partial charge in [0.05, 0.1) is 24.4 Å². The minimum Gasteiger partial charge on any atom is -0.381 e. The monoisotopic (exact) mass is 455 g/mol. The second kappa shape index (κ2) is 12.4. The molecular weight excluding hydrogens is 422 g/mol. The predicted molar refractivity (Wildman–Crippen MR) is 118 cm³/mol. The molecule has 3 unspecified atom stereocenters. The lowest BCUT2D eigenvalue weighted by Crippen LogP contribution is -2.53. The molecule has 0 aliphatic heterocycles. The van der Waals surface area contributed by atoms with E-state index in [1.54, 1.807) is 0 Å². The smallest absolute Gasteiger partial charge is 0.251 e. The number of carbonyl (C=O) groups is 3. The van der Waals surface area contributed by atoms with Crippen LogP contribution in [0.2, 0.25) is 0 Å². The Bertz CT molecular complexity index is 844. The maximum Gasteiger partial charge on any atom is 0.251 e. The lowest BCUT2D eigenvalue weighted by atomic mass is 10.0. The highest BCUT2D eigenvalue weighted by Crippen LogP contribution is 2.11. The topological polar surface area (TPSA) is 142 Å². The van der Waals surface area contributed by atoms with Gasteiger partial charge in [-0.05, 0) is 18.9 Å². The van der Waals surface area contributed by atoms with Gasteiger partial charge in [-0.2, -0.15) is 0 Å². The maximum absolute atomic E-state index is 12.3. The third kappa shape index (κ3) is 9.93. The highest BCUT2D eigenvalue weighted by molar-refractivity contribution is 7.90. The number of amides is 3. The largest absolute Gasteiger partial charge is 0.381 e. The zero-order valence-corrected chi connectivity index (χ0v) is 19.2. The van der Waals surface area contributed by atoms with Crippen LogP contribution >= 0.6 is 0 Å². The minimum atomic E-state index is -3.35. The summed E-state index contributed by atoms with van der Waals surface area (Å²) in [5.74, 6) is -2.94.